The van der Waals surface area contributed by atoms with Crippen LogP contribution < -0.4 is 4.74 Å². The van der Waals surface area contributed by atoms with Crippen molar-refractivity contribution in [1.82, 2.24) is 0 Å². The average molecular weight is 292 g/mol. The Morgan fingerprint density at radius 2 is 1.71 bits per heavy atom. The molecule has 1 atom stereocenters. The molecule has 21 heavy (non-hydrogen) atoms. The topological polar surface area (TPSA) is 29.5 Å². The molecule has 0 spiro atoms. The lowest BCUT2D eigenvalue weighted by atomic mass is 9.99. The van der Waals surface area contributed by atoms with E-state index in [0.29, 0.717) is 12.8 Å². The predicted octanol–water partition coefficient (Wildman–Crippen LogP) is 3.95. The first kappa shape index (κ1) is 15.4. The van der Waals surface area contributed by atoms with Crippen LogP contribution in [-0.2, 0) is 6.42 Å². The van der Waals surface area contributed by atoms with Crippen molar-refractivity contribution in [3.63, 3.8) is 0 Å². The summed E-state index contributed by atoms with van der Waals surface area (Å²) in [6, 6.07) is 10.3. The van der Waals surface area contributed by atoms with E-state index in [1.54, 1.807) is 7.11 Å². The van der Waals surface area contributed by atoms with Crippen LogP contribution in [0.1, 0.15) is 29.2 Å². The second-order valence-corrected chi connectivity index (χ2v) is 5.00. The van der Waals surface area contributed by atoms with Gasteiger partial charge in [-0.05, 0) is 43.0 Å². The summed E-state index contributed by atoms with van der Waals surface area (Å²) in [5.41, 5.74) is 1.24. The Hall–Kier alpha value is -1.94. The van der Waals surface area contributed by atoms with Gasteiger partial charge in [-0.1, -0.05) is 24.3 Å². The molecule has 0 aromatic heterocycles. The van der Waals surface area contributed by atoms with Crippen LogP contribution in [0.15, 0.2) is 36.4 Å². The Kier molecular flexibility index (Phi) is 4.91. The number of halogens is 2. The number of aryl methyl sites for hydroxylation is 2. The second kappa shape index (κ2) is 6.68. The third kappa shape index (κ3) is 3.58. The fourth-order valence-corrected chi connectivity index (χ4v) is 2.17. The zero-order chi connectivity index (χ0) is 15.4. The van der Waals surface area contributed by atoms with Gasteiger partial charge in [0.2, 0.25) is 0 Å². The minimum absolute atomic E-state index is 0.00612. The Balaban J connectivity index is 2.04. The minimum atomic E-state index is -1.03. The van der Waals surface area contributed by atoms with Crippen LogP contribution in [0, 0.1) is 18.6 Å². The Morgan fingerprint density at radius 1 is 1.05 bits per heavy atom. The molecule has 1 N–H and O–H groups in total. The van der Waals surface area contributed by atoms with E-state index in [4.69, 9.17) is 4.74 Å². The van der Waals surface area contributed by atoms with Crippen molar-refractivity contribution >= 4 is 0 Å². The smallest absolute Gasteiger partial charge is 0.164 e. The first-order valence-corrected chi connectivity index (χ1v) is 6.78. The van der Waals surface area contributed by atoms with Crippen LogP contribution in [0.4, 0.5) is 8.78 Å². The standard InChI is InChI=1S/C17H18F2O2/c1-11-3-9-14(17(19)16(11)18)15(20)10-6-12-4-7-13(21-2)8-5-12/h3-5,7-9,15,20H,6,10H2,1-2H3. The number of ether oxygens (including phenoxy) is 1. The van der Waals surface area contributed by atoms with Gasteiger partial charge in [-0.3, -0.25) is 0 Å². The molecule has 2 nitrogen and oxygen atoms in total. The van der Waals surface area contributed by atoms with E-state index >= 15 is 0 Å². The molecule has 0 heterocycles. The zero-order valence-corrected chi connectivity index (χ0v) is 12.1. The molecule has 2 rings (SSSR count). The molecule has 0 saturated carbocycles. The van der Waals surface area contributed by atoms with Gasteiger partial charge >= 0.3 is 0 Å². The van der Waals surface area contributed by atoms with Gasteiger partial charge in [0.05, 0.1) is 13.2 Å². The lowest BCUT2D eigenvalue weighted by Gasteiger charge is -2.13. The lowest BCUT2D eigenvalue weighted by Crippen LogP contribution is -2.05. The van der Waals surface area contributed by atoms with Crippen molar-refractivity contribution in [2.24, 2.45) is 0 Å². The summed E-state index contributed by atoms with van der Waals surface area (Å²) in [5, 5.41) is 10.0. The molecule has 112 valence electrons. The number of methoxy groups -OCH3 is 1. The molecule has 0 aliphatic carbocycles. The van der Waals surface area contributed by atoms with Gasteiger partial charge in [-0.2, -0.15) is 0 Å². The maximum atomic E-state index is 13.8. The first-order valence-electron chi connectivity index (χ1n) is 6.78. The fourth-order valence-electron chi connectivity index (χ4n) is 2.17. The van der Waals surface area contributed by atoms with Crippen LogP contribution in [0.3, 0.4) is 0 Å². The van der Waals surface area contributed by atoms with Crippen LogP contribution in [0.5, 0.6) is 5.75 Å². The highest BCUT2D eigenvalue weighted by molar-refractivity contribution is 5.29. The van der Waals surface area contributed by atoms with Gasteiger partial charge in [0.25, 0.3) is 0 Å². The molecule has 1 unspecified atom stereocenters. The highest BCUT2D eigenvalue weighted by Crippen LogP contribution is 2.25. The molecule has 0 aliphatic rings. The van der Waals surface area contributed by atoms with E-state index in [1.165, 1.54) is 19.1 Å². The third-order valence-electron chi connectivity index (χ3n) is 3.53. The lowest BCUT2D eigenvalue weighted by molar-refractivity contribution is 0.162. The summed E-state index contributed by atoms with van der Waals surface area (Å²) in [5.74, 6) is -1.10. The first-order chi connectivity index (χ1) is 10.0. The molecule has 0 fully saturated rings. The number of benzene rings is 2. The van der Waals surface area contributed by atoms with Crippen LogP contribution in [-0.4, -0.2) is 12.2 Å². The summed E-state index contributed by atoms with van der Waals surface area (Å²) >= 11 is 0. The van der Waals surface area contributed by atoms with Crippen LogP contribution in [0.2, 0.25) is 0 Å². The molecule has 0 bridgehead atoms. The van der Waals surface area contributed by atoms with Crippen molar-refractivity contribution in [3.8, 4) is 5.75 Å². The van der Waals surface area contributed by atoms with Gasteiger partial charge < -0.3 is 9.84 Å². The molecule has 0 amide bonds. The van der Waals surface area contributed by atoms with E-state index < -0.39 is 17.7 Å². The van der Waals surface area contributed by atoms with Crippen LogP contribution >= 0.6 is 0 Å². The van der Waals surface area contributed by atoms with E-state index in [9.17, 15) is 13.9 Å². The number of rotatable bonds is 5. The van der Waals surface area contributed by atoms with Crippen molar-refractivity contribution in [3.05, 3.63) is 64.7 Å². The van der Waals surface area contributed by atoms with Crippen molar-refractivity contribution < 1.29 is 18.6 Å². The Bertz CT molecular complexity index is 609. The van der Waals surface area contributed by atoms with E-state index in [2.05, 4.69) is 0 Å². The van der Waals surface area contributed by atoms with E-state index in [0.717, 1.165) is 11.3 Å². The second-order valence-electron chi connectivity index (χ2n) is 5.00. The van der Waals surface area contributed by atoms with Gasteiger partial charge in [0.1, 0.15) is 5.75 Å². The van der Waals surface area contributed by atoms with E-state index in [-0.39, 0.29) is 11.1 Å². The minimum Gasteiger partial charge on any atom is -0.497 e. The van der Waals surface area contributed by atoms with Gasteiger partial charge in [-0.15, -0.1) is 0 Å². The van der Waals surface area contributed by atoms with Crippen molar-refractivity contribution in [2.75, 3.05) is 7.11 Å². The molecule has 4 heteroatoms. The molecule has 2 aromatic carbocycles. The monoisotopic (exact) mass is 292 g/mol. The highest BCUT2D eigenvalue weighted by atomic mass is 19.2. The number of aliphatic hydroxyl groups is 1. The largest absolute Gasteiger partial charge is 0.497 e. The average Bonchev–Trinajstić information content (AvgIpc) is 2.51. The number of hydrogen-bond acceptors (Lipinski definition) is 2. The summed E-state index contributed by atoms with van der Waals surface area (Å²) in [6.07, 6.45) is -0.131. The van der Waals surface area contributed by atoms with E-state index in [1.807, 2.05) is 24.3 Å². The fraction of sp³-hybridized carbons (Fsp3) is 0.294. The molecular formula is C17H18F2O2. The highest BCUT2D eigenvalue weighted by Gasteiger charge is 2.17. The molecule has 0 radical (unpaired) electrons. The SMILES string of the molecule is COc1ccc(CCC(O)c2ccc(C)c(F)c2F)cc1. The Labute approximate surface area is 123 Å². The summed E-state index contributed by atoms with van der Waals surface area (Å²) in [6.45, 7) is 1.49. The Morgan fingerprint density at radius 3 is 2.33 bits per heavy atom. The maximum Gasteiger partial charge on any atom is 0.164 e. The van der Waals surface area contributed by atoms with Crippen LogP contribution in [0.25, 0.3) is 0 Å². The van der Waals surface area contributed by atoms with Crippen molar-refractivity contribution in [2.45, 2.75) is 25.9 Å². The van der Waals surface area contributed by atoms with Crippen molar-refractivity contribution in [1.29, 1.82) is 0 Å². The zero-order valence-electron chi connectivity index (χ0n) is 12.1. The van der Waals surface area contributed by atoms with Gasteiger partial charge in [0.15, 0.2) is 11.6 Å². The molecular weight excluding hydrogens is 274 g/mol. The quantitative estimate of drug-likeness (QED) is 0.904. The normalized spacial score (nSPS) is 12.2. The predicted molar refractivity (Wildman–Crippen MR) is 77.4 cm³/mol. The summed E-state index contributed by atoms with van der Waals surface area (Å²) < 4.78 is 32.3. The number of aliphatic hydroxyl groups excluding tert-OH is 1. The molecule has 0 saturated heterocycles. The molecule has 2 aromatic rings. The number of hydrogen-bond donors (Lipinski definition) is 1. The maximum absolute atomic E-state index is 13.8. The summed E-state index contributed by atoms with van der Waals surface area (Å²) in [7, 11) is 1.59. The van der Waals surface area contributed by atoms with Gasteiger partial charge in [-0.25, -0.2) is 8.78 Å². The summed E-state index contributed by atoms with van der Waals surface area (Å²) in [4.78, 5) is 0. The third-order valence-corrected chi connectivity index (χ3v) is 3.53. The van der Waals surface area contributed by atoms with Gasteiger partial charge in [0, 0.05) is 5.56 Å². The molecule has 0 aliphatic heterocycles.